The third kappa shape index (κ3) is 8.54. The van der Waals surface area contributed by atoms with Gasteiger partial charge in [0, 0.05) is 68.5 Å². The van der Waals surface area contributed by atoms with Crippen LogP contribution in [0.2, 0.25) is 0 Å². The molecule has 2 heterocycles. The highest BCUT2D eigenvalue weighted by Gasteiger charge is 2.16. The molecule has 0 aliphatic carbocycles. The number of aryl methyl sites for hydroxylation is 1. The van der Waals surface area contributed by atoms with Crippen LogP contribution in [0.1, 0.15) is 23.6 Å². The van der Waals surface area contributed by atoms with E-state index in [4.69, 9.17) is 0 Å². The van der Waals surface area contributed by atoms with E-state index in [9.17, 15) is 0 Å². The van der Waals surface area contributed by atoms with Gasteiger partial charge in [-0.2, -0.15) is 0 Å². The van der Waals surface area contributed by atoms with Crippen molar-refractivity contribution in [3.63, 3.8) is 0 Å². The first-order chi connectivity index (χ1) is 12.0. The summed E-state index contributed by atoms with van der Waals surface area (Å²) in [4.78, 5) is 12.2. The number of nitrogens with zero attached hydrogens (tertiary/aromatic N) is 3. The van der Waals surface area contributed by atoms with Gasteiger partial charge in [-0.05, 0) is 38.9 Å². The van der Waals surface area contributed by atoms with E-state index in [-0.39, 0.29) is 24.0 Å². The summed E-state index contributed by atoms with van der Waals surface area (Å²) in [6.07, 6.45) is 1.04. The molecule has 1 aromatic heterocycles. The molecule has 2 rings (SSSR count). The number of aliphatic imine (C=N–C) groups is 1. The van der Waals surface area contributed by atoms with Crippen molar-refractivity contribution >= 4 is 41.3 Å². The molecule has 1 fully saturated rings. The minimum Gasteiger partial charge on any atom is -0.356 e. The smallest absolute Gasteiger partial charge is 0.191 e. The molecular formula is C19H36IN5S. The summed E-state index contributed by atoms with van der Waals surface area (Å²) >= 11 is 1.88. The van der Waals surface area contributed by atoms with Crippen molar-refractivity contribution in [2.75, 3.05) is 53.4 Å². The summed E-state index contributed by atoms with van der Waals surface area (Å²) in [6.45, 7) is 13.5. The van der Waals surface area contributed by atoms with Gasteiger partial charge in [-0.15, -0.1) is 35.3 Å². The van der Waals surface area contributed by atoms with Gasteiger partial charge in [0.15, 0.2) is 5.96 Å². The first-order valence-electron chi connectivity index (χ1n) is 9.39. The molecule has 1 aliphatic heterocycles. The number of likely N-dealkylation sites (N-methyl/N-ethyl adjacent to an activating group) is 1. The van der Waals surface area contributed by atoms with Crippen LogP contribution >= 0.6 is 35.3 Å². The van der Waals surface area contributed by atoms with E-state index >= 15 is 0 Å². The summed E-state index contributed by atoms with van der Waals surface area (Å²) in [5.74, 6) is 1.52. The van der Waals surface area contributed by atoms with Crippen LogP contribution in [0.25, 0.3) is 0 Å². The molecule has 26 heavy (non-hydrogen) atoms. The summed E-state index contributed by atoms with van der Waals surface area (Å²) < 4.78 is 0. The maximum Gasteiger partial charge on any atom is 0.191 e. The van der Waals surface area contributed by atoms with Crippen molar-refractivity contribution in [1.82, 2.24) is 20.4 Å². The van der Waals surface area contributed by atoms with E-state index in [1.54, 1.807) is 0 Å². The van der Waals surface area contributed by atoms with Crippen molar-refractivity contribution in [3.8, 4) is 0 Å². The zero-order valence-electron chi connectivity index (χ0n) is 16.9. The largest absolute Gasteiger partial charge is 0.356 e. The summed E-state index contributed by atoms with van der Waals surface area (Å²) in [6, 6.07) is 4.80. The predicted molar refractivity (Wildman–Crippen MR) is 125 cm³/mol. The average Bonchev–Trinajstić information content (AvgIpc) is 2.98. The van der Waals surface area contributed by atoms with Crippen LogP contribution in [0.15, 0.2) is 17.1 Å². The van der Waals surface area contributed by atoms with E-state index < -0.39 is 0 Å². The van der Waals surface area contributed by atoms with Gasteiger partial charge >= 0.3 is 0 Å². The Morgan fingerprint density at radius 1 is 1.23 bits per heavy atom. The highest BCUT2D eigenvalue weighted by atomic mass is 127. The van der Waals surface area contributed by atoms with Crippen molar-refractivity contribution in [2.45, 2.75) is 33.2 Å². The number of piperazine rings is 1. The number of hydrogen-bond donors (Lipinski definition) is 2. The maximum atomic E-state index is 4.38. The number of nitrogens with one attached hydrogen (secondary N) is 2. The van der Waals surface area contributed by atoms with E-state index in [1.807, 2.05) is 18.4 Å². The Labute approximate surface area is 180 Å². The topological polar surface area (TPSA) is 42.9 Å². The van der Waals surface area contributed by atoms with E-state index in [0.29, 0.717) is 12.0 Å². The standard InChI is InChI=1S/C19H35N5S.HI/c1-15(14-24-10-8-23(5)9-11-24)13-21-19(20-4)22-16(2)12-18-7-6-17(3)25-18;/h6-7,15-16H,8-14H2,1-5H3,(H2,20,21,22);1H. The van der Waals surface area contributed by atoms with E-state index in [0.717, 1.165) is 25.5 Å². The van der Waals surface area contributed by atoms with E-state index in [2.05, 4.69) is 65.4 Å². The Kier molecular flexibility index (Phi) is 11.1. The highest BCUT2D eigenvalue weighted by molar-refractivity contribution is 14.0. The molecule has 2 unspecified atom stereocenters. The second-order valence-electron chi connectivity index (χ2n) is 7.42. The molecule has 5 nitrogen and oxygen atoms in total. The monoisotopic (exact) mass is 493 g/mol. The molecular weight excluding hydrogens is 457 g/mol. The van der Waals surface area contributed by atoms with Crippen LogP contribution in [0.5, 0.6) is 0 Å². The molecule has 150 valence electrons. The Balaban J connectivity index is 0.00000338. The number of rotatable bonds is 7. The number of thiophene rings is 1. The van der Waals surface area contributed by atoms with Crippen LogP contribution < -0.4 is 10.6 Å². The molecule has 1 aliphatic rings. The lowest BCUT2D eigenvalue weighted by Gasteiger charge is -2.34. The van der Waals surface area contributed by atoms with Gasteiger partial charge in [0.1, 0.15) is 0 Å². The van der Waals surface area contributed by atoms with Gasteiger partial charge in [0.2, 0.25) is 0 Å². The van der Waals surface area contributed by atoms with Crippen LogP contribution in [-0.2, 0) is 6.42 Å². The first-order valence-corrected chi connectivity index (χ1v) is 10.2. The fourth-order valence-electron chi connectivity index (χ4n) is 3.18. The van der Waals surface area contributed by atoms with Crippen molar-refractivity contribution in [3.05, 3.63) is 21.9 Å². The minimum absolute atomic E-state index is 0. The first kappa shape index (κ1) is 23.7. The number of hydrogen-bond acceptors (Lipinski definition) is 4. The van der Waals surface area contributed by atoms with Crippen LogP contribution in [0.3, 0.4) is 0 Å². The Hall–Kier alpha value is -0.380. The van der Waals surface area contributed by atoms with Crippen molar-refractivity contribution < 1.29 is 0 Å². The summed E-state index contributed by atoms with van der Waals surface area (Å²) in [5.41, 5.74) is 0. The molecule has 1 aromatic rings. The van der Waals surface area contributed by atoms with Gasteiger partial charge < -0.3 is 20.4 Å². The second-order valence-corrected chi connectivity index (χ2v) is 8.80. The molecule has 2 N–H and O–H groups in total. The lowest BCUT2D eigenvalue weighted by atomic mass is 10.1. The quantitative estimate of drug-likeness (QED) is 0.348. The Bertz CT molecular complexity index is 540. The summed E-state index contributed by atoms with van der Waals surface area (Å²) in [7, 11) is 4.05. The molecule has 1 saturated heterocycles. The lowest BCUT2D eigenvalue weighted by Crippen LogP contribution is -2.48. The molecule has 0 aromatic carbocycles. The fourth-order valence-corrected chi connectivity index (χ4v) is 4.20. The van der Waals surface area contributed by atoms with Crippen LogP contribution in [0, 0.1) is 12.8 Å². The molecule has 2 atom stereocenters. The van der Waals surface area contributed by atoms with Gasteiger partial charge in [-0.25, -0.2) is 0 Å². The lowest BCUT2D eigenvalue weighted by molar-refractivity contribution is 0.139. The Morgan fingerprint density at radius 3 is 2.50 bits per heavy atom. The highest BCUT2D eigenvalue weighted by Crippen LogP contribution is 2.16. The van der Waals surface area contributed by atoms with Crippen molar-refractivity contribution in [1.29, 1.82) is 0 Å². The zero-order valence-corrected chi connectivity index (χ0v) is 20.1. The average molecular weight is 494 g/mol. The molecule has 0 bridgehead atoms. The molecule has 0 spiro atoms. The van der Waals surface area contributed by atoms with Gasteiger partial charge in [-0.3, -0.25) is 4.99 Å². The number of guanidine groups is 1. The van der Waals surface area contributed by atoms with Gasteiger partial charge in [-0.1, -0.05) is 6.92 Å². The third-order valence-electron chi connectivity index (χ3n) is 4.69. The SMILES string of the molecule is CN=C(NCC(C)CN1CCN(C)CC1)NC(C)Cc1ccc(C)s1.I. The van der Waals surface area contributed by atoms with Gasteiger partial charge in [0.25, 0.3) is 0 Å². The minimum atomic E-state index is 0. The molecule has 7 heteroatoms. The van der Waals surface area contributed by atoms with Crippen LogP contribution in [0.4, 0.5) is 0 Å². The predicted octanol–water partition coefficient (Wildman–Crippen LogP) is 2.65. The van der Waals surface area contributed by atoms with E-state index in [1.165, 1.54) is 35.9 Å². The summed E-state index contributed by atoms with van der Waals surface area (Å²) in [5, 5.41) is 7.01. The van der Waals surface area contributed by atoms with Crippen LogP contribution in [-0.4, -0.2) is 75.2 Å². The Morgan fingerprint density at radius 2 is 1.92 bits per heavy atom. The fraction of sp³-hybridized carbons (Fsp3) is 0.737. The zero-order chi connectivity index (χ0) is 18.2. The maximum absolute atomic E-state index is 4.38. The van der Waals surface area contributed by atoms with Gasteiger partial charge in [0.05, 0.1) is 0 Å². The third-order valence-corrected chi connectivity index (χ3v) is 5.72. The molecule has 0 amide bonds. The number of halogens is 1. The second kappa shape index (κ2) is 12.2. The van der Waals surface area contributed by atoms with Crippen molar-refractivity contribution in [2.24, 2.45) is 10.9 Å². The normalized spacial score (nSPS) is 18.9. The molecule has 0 radical (unpaired) electrons. The molecule has 0 saturated carbocycles.